The van der Waals surface area contributed by atoms with Gasteiger partial charge in [0, 0.05) is 17.3 Å². The molecule has 3 N–H and O–H groups in total. The monoisotopic (exact) mass is 310 g/mol. The van der Waals surface area contributed by atoms with Crippen LogP contribution in [-0.2, 0) is 20.8 Å². The summed E-state index contributed by atoms with van der Waals surface area (Å²) in [6.45, 7) is 1.16. The first-order valence-electron chi connectivity index (χ1n) is 6.13. The van der Waals surface area contributed by atoms with E-state index in [1.807, 2.05) is 22.9 Å². The second kappa shape index (κ2) is 6.35. The van der Waals surface area contributed by atoms with Crippen LogP contribution in [0, 0.1) is 6.92 Å². The molecule has 0 spiro atoms. The fraction of sp³-hybridized carbons (Fsp3) is 0.333. The smallest absolute Gasteiger partial charge is 0.322 e. The van der Waals surface area contributed by atoms with Gasteiger partial charge < -0.3 is 15.7 Å². The average Bonchev–Trinajstić information content (AvgIpc) is 2.94. The van der Waals surface area contributed by atoms with Gasteiger partial charge in [0.1, 0.15) is 6.54 Å². The van der Waals surface area contributed by atoms with Gasteiger partial charge in [-0.25, -0.2) is 4.98 Å². The normalized spacial score (nSPS) is 10.5. The lowest BCUT2D eigenvalue weighted by atomic mass is 10.3. The maximum atomic E-state index is 11.8. The Labute approximate surface area is 123 Å². The molecule has 0 unspecified atom stereocenters. The standard InChI is InChI=1S/C12H14N4O4S/c1-7-5-16-8(6-21-12(16)15-7)2-9(17)13-3-10(18)14-4-11(19)20/h5-6H,2-4H2,1H3,(H,13,17)(H,14,18)(H,19,20). The lowest BCUT2D eigenvalue weighted by molar-refractivity contribution is -0.137. The van der Waals surface area contributed by atoms with E-state index in [1.54, 1.807) is 0 Å². The van der Waals surface area contributed by atoms with Crippen molar-refractivity contribution in [1.82, 2.24) is 20.0 Å². The first kappa shape index (κ1) is 15.0. The number of rotatable bonds is 6. The predicted molar refractivity (Wildman–Crippen MR) is 75.2 cm³/mol. The maximum Gasteiger partial charge on any atom is 0.322 e. The van der Waals surface area contributed by atoms with Crippen LogP contribution in [0.25, 0.3) is 4.96 Å². The summed E-state index contributed by atoms with van der Waals surface area (Å²) in [5.41, 5.74) is 1.66. The minimum absolute atomic E-state index is 0.127. The van der Waals surface area contributed by atoms with Crippen LogP contribution in [0.2, 0.25) is 0 Å². The Balaban J connectivity index is 1.84. The highest BCUT2D eigenvalue weighted by Crippen LogP contribution is 2.16. The molecule has 0 saturated carbocycles. The molecule has 0 fully saturated rings. The van der Waals surface area contributed by atoms with Crippen molar-refractivity contribution in [3.05, 3.63) is 23.0 Å². The van der Waals surface area contributed by atoms with Gasteiger partial charge in [0.15, 0.2) is 4.96 Å². The van der Waals surface area contributed by atoms with E-state index in [1.165, 1.54) is 11.3 Å². The zero-order valence-corrected chi connectivity index (χ0v) is 12.1. The fourth-order valence-corrected chi connectivity index (χ4v) is 2.63. The summed E-state index contributed by atoms with van der Waals surface area (Å²) < 4.78 is 1.84. The highest BCUT2D eigenvalue weighted by molar-refractivity contribution is 7.15. The van der Waals surface area contributed by atoms with Crippen LogP contribution in [-0.4, -0.2) is 45.4 Å². The van der Waals surface area contributed by atoms with Crippen molar-refractivity contribution in [3.63, 3.8) is 0 Å². The van der Waals surface area contributed by atoms with E-state index in [0.717, 1.165) is 16.3 Å². The topological polar surface area (TPSA) is 113 Å². The van der Waals surface area contributed by atoms with Gasteiger partial charge in [-0.1, -0.05) is 0 Å². The minimum Gasteiger partial charge on any atom is -0.480 e. The Kier molecular flexibility index (Phi) is 4.53. The highest BCUT2D eigenvalue weighted by atomic mass is 32.1. The van der Waals surface area contributed by atoms with Gasteiger partial charge in [-0.3, -0.25) is 18.8 Å². The molecular formula is C12H14N4O4S. The van der Waals surface area contributed by atoms with Crippen molar-refractivity contribution in [2.75, 3.05) is 13.1 Å². The molecular weight excluding hydrogens is 296 g/mol. The second-order valence-corrected chi connectivity index (χ2v) is 5.22. The number of imidazole rings is 1. The van der Waals surface area contributed by atoms with Crippen LogP contribution in [0.4, 0.5) is 0 Å². The molecule has 0 aromatic carbocycles. The van der Waals surface area contributed by atoms with Gasteiger partial charge in [-0.05, 0) is 6.92 Å². The van der Waals surface area contributed by atoms with Gasteiger partial charge in [0.25, 0.3) is 0 Å². The predicted octanol–water partition coefficient (Wildman–Crippen LogP) is -0.436. The zero-order chi connectivity index (χ0) is 15.4. The summed E-state index contributed by atoms with van der Waals surface area (Å²) in [7, 11) is 0. The molecule has 8 nitrogen and oxygen atoms in total. The summed E-state index contributed by atoms with van der Waals surface area (Å²) >= 11 is 1.44. The minimum atomic E-state index is -1.13. The third-order valence-corrected chi connectivity index (χ3v) is 3.52. The van der Waals surface area contributed by atoms with E-state index in [4.69, 9.17) is 5.11 Å². The van der Waals surface area contributed by atoms with E-state index in [-0.39, 0.29) is 18.9 Å². The Morgan fingerprint density at radius 3 is 2.71 bits per heavy atom. The summed E-state index contributed by atoms with van der Waals surface area (Å²) in [5.74, 6) is -1.99. The molecule has 0 saturated heterocycles. The number of aryl methyl sites for hydroxylation is 1. The maximum absolute atomic E-state index is 11.8. The molecule has 2 rings (SSSR count). The number of carboxylic acid groups (broad SMARTS) is 1. The number of nitrogens with one attached hydrogen (secondary N) is 2. The number of amides is 2. The zero-order valence-electron chi connectivity index (χ0n) is 11.3. The number of aromatic nitrogens is 2. The molecule has 2 aromatic heterocycles. The summed E-state index contributed by atoms with van der Waals surface area (Å²) in [6.07, 6.45) is 1.97. The average molecular weight is 310 g/mol. The van der Waals surface area contributed by atoms with Gasteiger partial charge >= 0.3 is 5.97 Å². The van der Waals surface area contributed by atoms with Crippen molar-refractivity contribution < 1.29 is 19.5 Å². The van der Waals surface area contributed by atoms with Crippen LogP contribution >= 0.6 is 11.3 Å². The molecule has 0 aliphatic heterocycles. The first-order chi connectivity index (χ1) is 9.95. The molecule has 2 heterocycles. The highest BCUT2D eigenvalue weighted by Gasteiger charge is 2.11. The van der Waals surface area contributed by atoms with Crippen molar-refractivity contribution in [2.45, 2.75) is 13.3 Å². The molecule has 0 aliphatic rings. The van der Waals surface area contributed by atoms with Crippen LogP contribution in [0.3, 0.4) is 0 Å². The van der Waals surface area contributed by atoms with Crippen molar-refractivity contribution in [3.8, 4) is 0 Å². The summed E-state index contributed by atoms with van der Waals surface area (Å²) in [5, 5.41) is 14.8. The lowest BCUT2D eigenvalue weighted by Gasteiger charge is -2.05. The van der Waals surface area contributed by atoms with Gasteiger partial charge in [0.2, 0.25) is 11.8 Å². The number of carboxylic acids is 1. The molecule has 0 atom stereocenters. The van der Waals surface area contributed by atoms with E-state index in [0.29, 0.717) is 0 Å². The molecule has 2 aromatic rings. The van der Waals surface area contributed by atoms with E-state index >= 15 is 0 Å². The Hall–Kier alpha value is -2.42. The molecule has 0 aliphatic carbocycles. The third-order valence-electron chi connectivity index (χ3n) is 2.63. The Bertz CT molecular complexity index is 691. The SMILES string of the molecule is Cc1cn2c(CC(=O)NCC(=O)NCC(=O)O)csc2n1. The largest absolute Gasteiger partial charge is 0.480 e. The van der Waals surface area contributed by atoms with Crippen molar-refractivity contribution in [1.29, 1.82) is 0 Å². The second-order valence-electron chi connectivity index (χ2n) is 4.39. The number of carbonyl (C=O) groups is 3. The van der Waals surface area contributed by atoms with Crippen LogP contribution < -0.4 is 10.6 Å². The molecule has 2 amide bonds. The van der Waals surface area contributed by atoms with E-state index in [2.05, 4.69) is 15.6 Å². The van der Waals surface area contributed by atoms with Gasteiger partial charge in [-0.2, -0.15) is 0 Å². The van der Waals surface area contributed by atoms with Crippen molar-refractivity contribution >= 4 is 34.1 Å². The molecule has 21 heavy (non-hydrogen) atoms. The summed E-state index contributed by atoms with van der Waals surface area (Å²) in [4.78, 5) is 38.4. The molecule has 112 valence electrons. The Morgan fingerprint density at radius 2 is 2.00 bits per heavy atom. The molecule has 9 heteroatoms. The van der Waals surface area contributed by atoms with Crippen LogP contribution in [0.1, 0.15) is 11.4 Å². The number of thiazole rings is 1. The number of carbonyl (C=O) groups excluding carboxylic acids is 2. The Morgan fingerprint density at radius 1 is 1.29 bits per heavy atom. The summed E-state index contributed by atoms with van der Waals surface area (Å²) in [6, 6.07) is 0. The fourth-order valence-electron chi connectivity index (χ4n) is 1.71. The number of hydrogen-bond acceptors (Lipinski definition) is 5. The number of nitrogens with zero attached hydrogens (tertiary/aromatic N) is 2. The lowest BCUT2D eigenvalue weighted by Crippen LogP contribution is -2.39. The quantitative estimate of drug-likeness (QED) is 0.670. The van der Waals surface area contributed by atoms with Gasteiger partial charge in [-0.15, -0.1) is 11.3 Å². The third kappa shape index (κ3) is 4.02. The van der Waals surface area contributed by atoms with Crippen LogP contribution in [0.5, 0.6) is 0 Å². The van der Waals surface area contributed by atoms with Crippen LogP contribution in [0.15, 0.2) is 11.6 Å². The first-order valence-corrected chi connectivity index (χ1v) is 7.01. The van der Waals surface area contributed by atoms with Gasteiger partial charge in [0.05, 0.1) is 18.7 Å². The number of fused-ring (bicyclic) bond motifs is 1. The number of hydrogen-bond donors (Lipinski definition) is 3. The van der Waals surface area contributed by atoms with E-state index in [9.17, 15) is 14.4 Å². The van der Waals surface area contributed by atoms with Crippen molar-refractivity contribution in [2.24, 2.45) is 0 Å². The van der Waals surface area contributed by atoms with E-state index < -0.39 is 18.4 Å². The molecule has 0 bridgehead atoms. The molecule has 0 radical (unpaired) electrons. The number of aliphatic carboxylic acids is 1.